The summed E-state index contributed by atoms with van der Waals surface area (Å²) < 4.78 is 12.9. The summed E-state index contributed by atoms with van der Waals surface area (Å²) >= 11 is 1.57. The van der Waals surface area contributed by atoms with Crippen LogP contribution in [0.4, 0.5) is 4.79 Å². The van der Waals surface area contributed by atoms with Crippen LogP contribution >= 0.6 is 11.8 Å². The van der Waals surface area contributed by atoms with E-state index in [2.05, 4.69) is 44.9 Å². The van der Waals surface area contributed by atoms with Crippen LogP contribution in [0.2, 0.25) is 0 Å². The van der Waals surface area contributed by atoms with Crippen molar-refractivity contribution in [1.29, 1.82) is 0 Å². The first-order valence-corrected chi connectivity index (χ1v) is 14.7. The molecule has 3 aromatic carbocycles. The highest BCUT2D eigenvalue weighted by molar-refractivity contribution is 7.99. The van der Waals surface area contributed by atoms with Gasteiger partial charge < -0.3 is 25.2 Å². The highest BCUT2D eigenvalue weighted by Crippen LogP contribution is 2.39. The summed E-state index contributed by atoms with van der Waals surface area (Å²) in [4.78, 5) is 20.4. The summed E-state index contributed by atoms with van der Waals surface area (Å²) in [7, 11) is 0. The number of thioether (sulfide) groups is 1. The van der Waals surface area contributed by atoms with Crippen molar-refractivity contribution in [1.82, 2.24) is 20.6 Å². The normalized spacial score (nSPS) is 18.5. The lowest BCUT2D eigenvalue weighted by Gasteiger charge is -2.36. The zero-order valence-electron chi connectivity index (χ0n) is 22.9. The Kier molecular flexibility index (Phi) is 9.98. The van der Waals surface area contributed by atoms with E-state index in [9.17, 15) is 9.90 Å². The number of rotatable bonds is 10. The van der Waals surface area contributed by atoms with Gasteiger partial charge in [0.15, 0.2) is 11.4 Å². The van der Waals surface area contributed by atoms with Gasteiger partial charge in [-0.3, -0.25) is 0 Å². The Bertz CT molecular complexity index is 1400. The minimum absolute atomic E-state index is 0.00778. The molecule has 212 valence electrons. The summed E-state index contributed by atoms with van der Waals surface area (Å²) in [6, 6.07) is 25.9. The van der Waals surface area contributed by atoms with E-state index in [0.29, 0.717) is 25.3 Å². The lowest BCUT2D eigenvalue weighted by Crippen LogP contribution is -2.34. The Hall–Kier alpha value is -3.76. The molecular weight excluding hydrogens is 536 g/mol. The SMILES string of the molecule is CCNC(=O)NCc1cccc(-c2ccc([C@@H]3O[C@H](CSc4ncccn4)C[C@H](c4ccc(CO)cc4)O3)cc2)c1. The molecular formula is C32H34N4O4S. The molecule has 8 nitrogen and oxygen atoms in total. The fourth-order valence-electron chi connectivity index (χ4n) is 4.65. The van der Waals surface area contributed by atoms with E-state index in [1.807, 2.05) is 55.5 Å². The number of aliphatic hydroxyl groups is 1. The van der Waals surface area contributed by atoms with Crippen LogP contribution in [0.3, 0.4) is 0 Å². The minimum atomic E-state index is -0.532. The third-order valence-electron chi connectivity index (χ3n) is 6.79. The maximum atomic E-state index is 11.8. The minimum Gasteiger partial charge on any atom is -0.392 e. The van der Waals surface area contributed by atoms with Crippen LogP contribution in [0, 0.1) is 0 Å². The molecule has 0 spiro atoms. The second-order valence-corrected chi connectivity index (χ2v) is 10.7. The fourth-order valence-corrected chi connectivity index (χ4v) is 5.47. The average molecular weight is 571 g/mol. The second-order valence-electron chi connectivity index (χ2n) is 9.73. The van der Waals surface area contributed by atoms with Crippen molar-refractivity contribution in [2.75, 3.05) is 12.3 Å². The number of aromatic nitrogens is 2. The summed E-state index contributed by atoms with van der Waals surface area (Å²) in [6.45, 7) is 2.94. The first kappa shape index (κ1) is 28.8. The van der Waals surface area contributed by atoms with Crippen molar-refractivity contribution in [2.45, 2.75) is 50.2 Å². The van der Waals surface area contributed by atoms with Gasteiger partial charge in [0.05, 0.1) is 18.8 Å². The highest BCUT2D eigenvalue weighted by atomic mass is 32.2. The van der Waals surface area contributed by atoms with Crippen LogP contribution in [0.25, 0.3) is 11.1 Å². The zero-order valence-corrected chi connectivity index (χ0v) is 23.7. The molecule has 3 atom stereocenters. The van der Waals surface area contributed by atoms with Crippen LogP contribution in [-0.2, 0) is 22.6 Å². The van der Waals surface area contributed by atoms with E-state index >= 15 is 0 Å². The monoisotopic (exact) mass is 570 g/mol. The van der Waals surface area contributed by atoms with Crippen LogP contribution in [0.1, 0.15) is 48.0 Å². The number of hydrogen-bond acceptors (Lipinski definition) is 7. The van der Waals surface area contributed by atoms with E-state index in [1.165, 1.54) is 0 Å². The number of urea groups is 1. The van der Waals surface area contributed by atoms with E-state index in [-0.39, 0.29) is 24.8 Å². The molecule has 2 heterocycles. The van der Waals surface area contributed by atoms with Crippen molar-refractivity contribution in [3.8, 4) is 11.1 Å². The Labute approximate surface area is 244 Å². The van der Waals surface area contributed by atoms with E-state index in [4.69, 9.17) is 9.47 Å². The maximum absolute atomic E-state index is 11.8. The van der Waals surface area contributed by atoms with Gasteiger partial charge in [-0.1, -0.05) is 78.5 Å². The highest BCUT2D eigenvalue weighted by Gasteiger charge is 2.32. The number of carbonyl (C=O) groups excluding carboxylic acids is 1. The number of amides is 2. The van der Waals surface area contributed by atoms with E-state index in [0.717, 1.165) is 38.5 Å². The quantitative estimate of drug-likeness (QED) is 0.164. The standard InChI is InChI=1S/C32H34N4O4S/c1-2-33-31(38)36-19-23-5-3-6-27(17-23)24-11-13-26(14-12-24)30-39-28(21-41-32-34-15-4-16-35-32)18-29(40-30)25-9-7-22(20-37)8-10-25/h3-17,28-30,37H,2,18-21H2,1H3,(H2,33,36,38)/t28-,29+,30+/m0/s1. The molecule has 1 aromatic heterocycles. The van der Waals surface area contributed by atoms with Crippen molar-refractivity contribution in [2.24, 2.45) is 0 Å². The molecule has 9 heteroatoms. The summed E-state index contributed by atoms with van der Waals surface area (Å²) in [5.74, 6) is 0.699. The predicted molar refractivity (Wildman–Crippen MR) is 159 cm³/mol. The lowest BCUT2D eigenvalue weighted by atomic mass is 9.99. The van der Waals surface area contributed by atoms with Crippen LogP contribution < -0.4 is 10.6 Å². The molecule has 1 fully saturated rings. The molecule has 0 unspecified atom stereocenters. The third-order valence-corrected chi connectivity index (χ3v) is 7.80. The molecule has 3 N–H and O–H groups in total. The van der Waals surface area contributed by atoms with Crippen LogP contribution in [0.5, 0.6) is 0 Å². The number of ether oxygens (including phenoxy) is 2. The van der Waals surface area contributed by atoms with Crippen molar-refractivity contribution in [3.63, 3.8) is 0 Å². The van der Waals surface area contributed by atoms with Gasteiger partial charge in [0.1, 0.15) is 0 Å². The summed E-state index contributed by atoms with van der Waals surface area (Å²) in [5, 5.41) is 15.8. The first-order valence-electron chi connectivity index (χ1n) is 13.7. The molecule has 4 aromatic rings. The van der Waals surface area contributed by atoms with Crippen molar-refractivity contribution in [3.05, 3.63) is 114 Å². The van der Waals surface area contributed by atoms with Gasteiger partial charge in [0.25, 0.3) is 0 Å². The number of nitrogens with zero attached hydrogens (tertiary/aromatic N) is 2. The smallest absolute Gasteiger partial charge is 0.315 e. The van der Waals surface area contributed by atoms with Gasteiger partial charge in [-0.15, -0.1) is 0 Å². The fraction of sp³-hybridized carbons (Fsp3) is 0.281. The van der Waals surface area contributed by atoms with Gasteiger partial charge in [0, 0.05) is 43.2 Å². The molecule has 41 heavy (non-hydrogen) atoms. The van der Waals surface area contributed by atoms with E-state index < -0.39 is 6.29 Å². The molecule has 1 aliphatic heterocycles. The predicted octanol–water partition coefficient (Wildman–Crippen LogP) is 5.79. The number of hydrogen-bond donors (Lipinski definition) is 3. The van der Waals surface area contributed by atoms with Gasteiger partial charge in [-0.05, 0) is 46.9 Å². The van der Waals surface area contributed by atoms with Crippen molar-refractivity contribution < 1.29 is 19.4 Å². The van der Waals surface area contributed by atoms with Crippen LogP contribution in [0.15, 0.2) is 96.4 Å². The Morgan fingerprint density at radius 2 is 1.66 bits per heavy atom. The van der Waals surface area contributed by atoms with Crippen LogP contribution in [-0.4, -0.2) is 39.5 Å². The Morgan fingerprint density at radius 3 is 2.39 bits per heavy atom. The molecule has 1 saturated heterocycles. The number of benzene rings is 3. The topological polar surface area (TPSA) is 106 Å². The van der Waals surface area contributed by atoms with Crippen molar-refractivity contribution >= 4 is 17.8 Å². The summed E-state index contributed by atoms with van der Waals surface area (Å²) in [5.41, 5.74) is 6.01. The molecule has 0 aliphatic carbocycles. The molecule has 1 aliphatic rings. The molecule has 2 amide bonds. The number of nitrogens with one attached hydrogen (secondary N) is 2. The Balaban J connectivity index is 1.31. The lowest BCUT2D eigenvalue weighted by molar-refractivity contribution is -0.245. The largest absolute Gasteiger partial charge is 0.392 e. The third kappa shape index (κ3) is 7.92. The van der Waals surface area contributed by atoms with Gasteiger partial charge in [-0.25, -0.2) is 14.8 Å². The first-order chi connectivity index (χ1) is 20.1. The van der Waals surface area contributed by atoms with Gasteiger partial charge in [-0.2, -0.15) is 0 Å². The zero-order chi connectivity index (χ0) is 28.4. The molecule has 5 rings (SSSR count). The maximum Gasteiger partial charge on any atom is 0.315 e. The molecule has 0 radical (unpaired) electrons. The summed E-state index contributed by atoms with van der Waals surface area (Å²) in [6.07, 6.45) is 3.42. The average Bonchev–Trinajstić information content (AvgIpc) is 3.03. The van der Waals surface area contributed by atoms with E-state index in [1.54, 1.807) is 30.2 Å². The van der Waals surface area contributed by atoms with Gasteiger partial charge in [0.2, 0.25) is 0 Å². The molecule has 0 saturated carbocycles. The van der Waals surface area contributed by atoms with Gasteiger partial charge >= 0.3 is 6.03 Å². The number of aliphatic hydroxyl groups excluding tert-OH is 1. The molecule has 0 bridgehead atoms. The second kappa shape index (κ2) is 14.2. The number of carbonyl (C=O) groups is 1. The Morgan fingerprint density at radius 1 is 0.902 bits per heavy atom.